The van der Waals surface area contributed by atoms with Crippen LogP contribution in [0.2, 0.25) is 0 Å². The zero-order valence-corrected chi connectivity index (χ0v) is 13.3. The van der Waals surface area contributed by atoms with Crippen molar-refractivity contribution in [2.45, 2.75) is 39.0 Å². The maximum absolute atomic E-state index is 11.9. The molecule has 2 fully saturated rings. The Morgan fingerprint density at radius 2 is 2.14 bits per heavy atom. The highest BCUT2D eigenvalue weighted by Gasteiger charge is 2.54. The molecule has 2 saturated carbocycles. The summed E-state index contributed by atoms with van der Waals surface area (Å²) in [4.78, 5) is 11.9. The van der Waals surface area contributed by atoms with E-state index in [0.717, 1.165) is 24.3 Å². The summed E-state index contributed by atoms with van der Waals surface area (Å²) >= 11 is 0. The lowest BCUT2D eigenvalue weighted by Gasteiger charge is -2.53. The minimum Gasteiger partial charge on any atom is -0.290 e. The van der Waals surface area contributed by atoms with Gasteiger partial charge >= 0.3 is 0 Å². The second kappa shape index (κ2) is 4.72. The summed E-state index contributed by atoms with van der Waals surface area (Å²) in [6.45, 7) is 6.39. The number of rotatable bonds is 0. The fourth-order valence-electron chi connectivity index (χ4n) is 5.82. The molecule has 0 unspecified atom stereocenters. The standard InChI is InChI=1S/C21H24O/c1-4-15-6-8-19-17-7-5-14-12-20(22)13(2)11-18(14)16(17)9-10-21(15,19)3/h1,6,8,12,15-19H,2,5,7,9-11H2,3H3/t15-,16-,17+,18-,19-,21+/m0/s1. The van der Waals surface area contributed by atoms with Crippen LogP contribution in [0.15, 0.2) is 36.0 Å². The Morgan fingerprint density at radius 3 is 2.91 bits per heavy atom. The number of allylic oxidation sites excluding steroid dienone is 5. The molecule has 0 bridgehead atoms. The fourth-order valence-corrected chi connectivity index (χ4v) is 5.82. The smallest absolute Gasteiger partial charge is 0.181 e. The van der Waals surface area contributed by atoms with E-state index in [1.165, 1.54) is 24.8 Å². The van der Waals surface area contributed by atoms with Crippen LogP contribution in [0.25, 0.3) is 0 Å². The Labute approximate surface area is 133 Å². The van der Waals surface area contributed by atoms with E-state index in [9.17, 15) is 4.79 Å². The highest BCUT2D eigenvalue weighted by Crippen LogP contribution is 2.61. The quantitative estimate of drug-likeness (QED) is 0.369. The van der Waals surface area contributed by atoms with Gasteiger partial charge in [-0.05, 0) is 72.8 Å². The summed E-state index contributed by atoms with van der Waals surface area (Å²) < 4.78 is 0. The van der Waals surface area contributed by atoms with Gasteiger partial charge in [-0.15, -0.1) is 6.42 Å². The molecule has 0 heterocycles. The molecule has 0 aromatic heterocycles. The van der Waals surface area contributed by atoms with Crippen LogP contribution in [0.5, 0.6) is 0 Å². The van der Waals surface area contributed by atoms with Crippen LogP contribution in [-0.4, -0.2) is 5.78 Å². The Morgan fingerprint density at radius 1 is 1.32 bits per heavy atom. The average Bonchev–Trinajstić information content (AvgIpc) is 2.85. The van der Waals surface area contributed by atoms with Gasteiger partial charge in [0.25, 0.3) is 0 Å². The van der Waals surface area contributed by atoms with Gasteiger partial charge in [0.05, 0.1) is 0 Å². The predicted molar refractivity (Wildman–Crippen MR) is 88.8 cm³/mol. The van der Waals surface area contributed by atoms with Gasteiger partial charge in [-0.25, -0.2) is 0 Å². The van der Waals surface area contributed by atoms with E-state index < -0.39 is 0 Å². The molecule has 0 aliphatic heterocycles. The highest BCUT2D eigenvalue weighted by atomic mass is 16.1. The van der Waals surface area contributed by atoms with Crippen LogP contribution in [0.4, 0.5) is 0 Å². The van der Waals surface area contributed by atoms with Crippen LogP contribution in [-0.2, 0) is 4.79 Å². The largest absolute Gasteiger partial charge is 0.290 e. The lowest BCUT2D eigenvalue weighted by atomic mass is 9.51. The molecule has 4 rings (SSSR count). The fraction of sp³-hybridized carbons (Fsp3) is 0.571. The van der Waals surface area contributed by atoms with E-state index in [2.05, 4.69) is 31.6 Å². The van der Waals surface area contributed by atoms with Crippen molar-refractivity contribution in [1.82, 2.24) is 0 Å². The number of hydrogen-bond donors (Lipinski definition) is 0. The first-order valence-corrected chi connectivity index (χ1v) is 8.61. The Bertz CT molecular complexity index is 643. The summed E-state index contributed by atoms with van der Waals surface area (Å²) in [5.74, 6) is 6.11. The van der Waals surface area contributed by atoms with Crippen molar-refractivity contribution in [3.05, 3.63) is 36.0 Å². The molecule has 0 aromatic carbocycles. The zero-order valence-electron chi connectivity index (χ0n) is 13.3. The molecule has 114 valence electrons. The van der Waals surface area contributed by atoms with Crippen molar-refractivity contribution >= 4 is 5.78 Å². The third-order valence-electron chi connectivity index (χ3n) is 7.08. The SMILES string of the molecule is C#C[C@H]1C=C[C@H]2[C@@H]3CCC4=CC(=O)C(=C)C[C@@H]4[C@H]3CC[C@]12C. The minimum absolute atomic E-state index is 0.165. The van der Waals surface area contributed by atoms with Crippen molar-refractivity contribution in [2.24, 2.45) is 35.0 Å². The molecule has 4 aliphatic rings. The molecule has 4 aliphatic carbocycles. The Kier molecular flexibility index (Phi) is 3.02. The third-order valence-corrected chi connectivity index (χ3v) is 7.08. The van der Waals surface area contributed by atoms with Crippen LogP contribution in [0, 0.1) is 47.3 Å². The molecular weight excluding hydrogens is 268 g/mol. The molecule has 6 atom stereocenters. The molecule has 0 radical (unpaired) electrons. The first-order valence-electron chi connectivity index (χ1n) is 8.61. The zero-order chi connectivity index (χ0) is 15.5. The number of terminal acetylenes is 1. The monoisotopic (exact) mass is 292 g/mol. The van der Waals surface area contributed by atoms with Gasteiger partial charge in [0.15, 0.2) is 5.78 Å². The van der Waals surface area contributed by atoms with Crippen molar-refractivity contribution in [3.8, 4) is 12.3 Å². The molecular formula is C21H24O. The van der Waals surface area contributed by atoms with Crippen molar-refractivity contribution < 1.29 is 4.79 Å². The summed E-state index contributed by atoms with van der Waals surface area (Å²) in [5, 5.41) is 0. The van der Waals surface area contributed by atoms with Crippen LogP contribution in [0.3, 0.4) is 0 Å². The number of hydrogen-bond acceptors (Lipinski definition) is 1. The number of fused-ring (bicyclic) bond motifs is 5. The molecule has 0 saturated heterocycles. The Balaban J connectivity index is 1.66. The van der Waals surface area contributed by atoms with E-state index >= 15 is 0 Å². The lowest BCUT2D eigenvalue weighted by Crippen LogP contribution is -2.46. The molecule has 0 spiro atoms. The van der Waals surface area contributed by atoms with Gasteiger partial charge in [-0.2, -0.15) is 0 Å². The molecule has 0 aromatic rings. The summed E-state index contributed by atoms with van der Waals surface area (Å²) in [6.07, 6.45) is 18.0. The van der Waals surface area contributed by atoms with Gasteiger partial charge in [0.2, 0.25) is 0 Å². The topological polar surface area (TPSA) is 17.1 Å². The van der Waals surface area contributed by atoms with Gasteiger partial charge in [0, 0.05) is 5.92 Å². The molecule has 1 heteroatoms. The maximum atomic E-state index is 11.9. The minimum atomic E-state index is 0.165. The summed E-state index contributed by atoms with van der Waals surface area (Å²) in [6, 6.07) is 0. The first-order chi connectivity index (χ1) is 10.5. The summed E-state index contributed by atoms with van der Waals surface area (Å²) in [7, 11) is 0. The summed E-state index contributed by atoms with van der Waals surface area (Å²) in [5.41, 5.74) is 2.47. The average molecular weight is 292 g/mol. The van der Waals surface area contributed by atoms with Crippen molar-refractivity contribution in [1.29, 1.82) is 0 Å². The Hall–Kier alpha value is -1.55. The van der Waals surface area contributed by atoms with E-state index in [4.69, 9.17) is 6.42 Å². The van der Waals surface area contributed by atoms with E-state index in [-0.39, 0.29) is 11.2 Å². The number of carbonyl (C=O) groups is 1. The lowest BCUT2D eigenvalue weighted by molar-refractivity contribution is -0.112. The normalized spacial score (nSPS) is 46.4. The maximum Gasteiger partial charge on any atom is 0.181 e. The van der Waals surface area contributed by atoms with Crippen LogP contribution < -0.4 is 0 Å². The van der Waals surface area contributed by atoms with Crippen molar-refractivity contribution in [2.75, 3.05) is 0 Å². The molecule has 22 heavy (non-hydrogen) atoms. The van der Waals surface area contributed by atoms with Crippen LogP contribution in [0.1, 0.15) is 39.0 Å². The number of carbonyl (C=O) groups excluding carboxylic acids is 1. The van der Waals surface area contributed by atoms with Gasteiger partial charge in [-0.3, -0.25) is 4.79 Å². The highest BCUT2D eigenvalue weighted by molar-refractivity contribution is 6.05. The molecule has 1 nitrogen and oxygen atoms in total. The van der Waals surface area contributed by atoms with Gasteiger partial charge < -0.3 is 0 Å². The molecule has 0 amide bonds. The van der Waals surface area contributed by atoms with E-state index in [1.54, 1.807) is 0 Å². The predicted octanol–water partition coefficient (Wildman–Crippen LogP) is 4.32. The number of ketones is 1. The third kappa shape index (κ3) is 1.76. The first kappa shape index (κ1) is 14.1. The van der Waals surface area contributed by atoms with Gasteiger partial charge in [-0.1, -0.05) is 37.1 Å². The van der Waals surface area contributed by atoms with Gasteiger partial charge in [0.1, 0.15) is 0 Å². The van der Waals surface area contributed by atoms with E-state index in [1.807, 2.05) is 6.08 Å². The van der Waals surface area contributed by atoms with Crippen molar-refractivity contribution in [3.63, 3.8) is 0 Å². The van der Waals surface area contributed by atoms with E-state index in [0.29, 0.717) is 23.7 Å². The second-order valence-corrected chi connectivity index (χ2v) is 7.96. The van der Waals surface area contributed by atoms with Crippen LogP contribution >= 0.6 is 0 Å². The molecule has 0 N–H and O–H groups in total. The second-order valence-electron chi connectivity index (χ2n) is 7.96.